The first-order valence-electron chi connectivity index (χ1n) is 11.6. The minimum atomic E-state index is -1.24. The van der Waals surface area contributed by atoms with Crippen molar-refractivity contribution in [2.75, 3.05) is 19.7 Å². The van der Waals surface area contributed by atoms with E-state index in [0.717, 1.165) is 17.7 Å². The minimum absolute atomic E-state index is 0.0233. The number of aliphatic hydroxyl groups is 1. The number of hydrogen-bond donors (Lipinski definition) is 5. The van der Waals surface area contributed by atoms with E-state index in [-0.39, 0.29) is 25.1 Å². The van der Waals surface area contributed by atoms with E-state index in [2.05, 4.69) is 10.6 Å². The summed E-state index contributed by atoms with van der Waals surface area (Å²) in [6.45, 7) is 6.64. The third kappa shape index (κ3) is 10.6. The number of nitrogens with one attached hydrogen (secondary N) is 2. The third-order valence-electron chi connectivity index (χ3n) is 4.89. The fourth-order valence-electron chi connectivity index (χ4n) is 3.28. The van der Waals surface area contributed by atoms with Crippen LogP contribution in [0.1, 0.15) is 65.0 Å². The van der Waals surface area contributed by atoms with E-state index < -0.39 is 48.1 Å². The highest BCUT2D eigenvalue weighted by Crippen LogP contribution is 2.25. The Labute approximate surface area is 206 Å². The fraction of sp³-hybridized carbons (Fsp3) is 0.583. The Morgan fingerprint density at radius 3 is 2.29 bits per heavy atom. The van der Waals surface area contributed by atoms with Crippen LogP contribution in [0, 0.1) is 0 Å². The van der Waals surface area contributed by atoms with Gasteiger partial charge in [0.1, 0.15) is 23.4 Å². The Bertz CT molecular complexity index is 852. The molecule has 1 rings (SSSR count). The molecule has 35 heavy (non-hydrogen) atoms. The Morgan fingerprint density at radius 2 is 1.77 bits per heavy atom. The van der Waals surface area contributed by atoms with Crippen LogP contribution in [-0.4, -0.2) is 70.3 Å². The molecule has 0 aliphatic heterocycles. The molecule has 1 aromatic rings. The number of benzene rings is 1. The van der Waals surface area contributed by atoms with E-state index in [1.165, 1.54) is 24.3 Å². The number of aromatic hydroxyl groups is 1. The SMILES string of the molecule is CCCCNC(=O)C(c1ccc(O)cc1)N(CCO)C(=O)C(CCC(N)=O)NC(=O)OC(C)(C)C. The van der Waals surface area contributed by atoms with E-state index in [0.29, 0.717) is 12.1 Å². The van der Waals surface area contributed by atoms with Gasteiger partial charge in [-0.3, -0.25) is 14.4 Å². The smallest absolute Gasteiger partial charge is 0.408 e. The standard InChI is InChI=1S/C24H38N4O7/c1-5-6-13-26-21(32)20(16-7-9-17(30)10-8-16)28(14-15-29)22(33)18(11-12-19(25)31)27-23(34)35-24(2,3)4/h7-10,18,20,29-30H,5-6,11-15H2,1-4H3,(H2,25,31)(H,26,32)(H,27,34). The summed E-state index contributed by atoms with van der Waals surface area (Å²) >= 11 is 0. The summed E-state index contributed by atoms with van der Waals surface area (Å²) in [5.41, 5.74) is 4.81. The number of nitrogens with two attached hydrogens (primary N) is 1. The molecule has 0 aromatic heterocycles. The zero-order valence-corrected chi connectivity index (χ0v) is 20.9. The number of unbranched alkanes of at least 4 members (excludes halogenated alkanes) is 1. The van der Waals surface area contributed by atoms with Gasteiger partial charge in [-0.15, -0.1) is 0 Å². The van der Waals surface area contributed by atoms with Crippen molar-refractivity contribution in [2.45, 2.75) is 71.1 Å². The van der Waals surface area contributed by atoms with Gasteiger partial charge in [0.25, 0.3) is 0 Å². The third-order valence-corrected chi connectivity index (χ3v) is 4.89. The summed E-state index contributed by atoms with van der Waals surface area (Å²) < 4.78 is 5.24. The summed E-state index contributed by atoms with van der Waals surface area (Å²) in [6, 6.07) is 3.35. The lowest BCUT2D eigenvalue weighted by Crippen LogP contribution is -2.54. The lowest BCUT2D eigenvalue weighted by atomic mass is 10.0. The summed E-state index contributed by atoms with van der Waals surface area (Å²) in [6.07, 6.45) is 0.362. The molecule has 1 aromatic carbocycles. The average Bonchev–Trinajstić information content (AvgIpc) is 2.76. The maximum absolute atomic E-state index is 13.6. The number of ether oxygens (including phenoxy) is 1. The number of primary amides is 1. The first-order chi connectivity index (χ1) is 16.4. The molecular weight excluding hydrogens is 456 g/mol. The summed E-state index contributed by atoms with van der Waals surface area (Å²) in [5, 5.41) is 24.6. The highest BCUT2D eigenvalue weighted by molar-refractivity contribution is 5.92. The van der Waals surface area contributed by atoms with Gasteiger partial charge in [-0.25, -0.2) is 4.79 Å². The van der Waals surface area contributed by atoms with Gasteiger partial charge in [0.2, 0.25) is 17.7 Å². The molecule has 11 heteroatoms. The van der Waals surface area contributed by atoms with E-state index in [4.69, 9.17) is 10.5 Å². The van der Waals surface area contributed by atoms with Crippen LogP contribution in [0.5, 0.6) is 5.75 Å². The van der Waals surface area contributed by atoms with Crippen LogP contribution in [0.25, 0.3) is 0 Å². The largest absolute Gasteiger partial charge is 0.508 e. The number of phenols is 1. The first-order valence-corrected chi connectivity index (χ1v) is 11.6. The molecule has 0 saturated carbocycles. The van der Waals surface area contributed by atoms with Gasteiger partial charge >= 0.3 is 6.09 Å². The molecule has 196 valence electrons. The molecular formula is C24H38N4O7. The van der Waals surface area contributed by atoms with Gasteiger partial charge in [0.15, 0.2) is 0 Å². The van der Waals surface area contributed by atoms with Crippen LogP contribution in [0.4, 0.5) is 4.79 Å². The van der Waals surface area contributed by atoms with Crippen molar-refractivity contribution in [1.29, 1.82) is 0 Å². The number of hydrogen-bond acceptors (Lipinski definition) is 7. The number of aliphatic hydroxyl groups excluding tert-OH is 1. The van der Waals surface area contributed by atoms with Crippen molar-refractivity contribution in [2.24, 2.45) is 5.73 Å². The molecule has 0 fully saturated rings. The van der Waals surface area contributed by atoms with Crippen LogP contribution in [-0.2, 0) is 19.1 Å². The number of amides is 4. The lowest BCUT2D eigenvalue weighted by Gasteiger charge is -2.34. The van der Waals surface area contributed by atoms with Crippen molar-refractivity contribution in [1.82, 2.24) is 15.5 Å². The van der Waals surface area contributed by atoms with Crippen molar-refractivity contribution in [3.8, 4) is 5.75 Å². The van der Waals surface area contributed by atoms with Crippen LogP contribution in [0.3, 0.4) is 0 Å². The molecule has 2 atom stereocenters. The molecule has 0 saturated heterocycles. The zero-order valence-electron chi connectivity index (χ0n) is 20.9. The first kappa shape index (κ1) is 29.7. The van der Waals surface area contributed by atoms with Crippen molar-refractivity contribution < 1.29 is 34.1 Å². The lowest BCUT2D eigenvalue weighted by molar-refractivity contribution is -0.143. The quantitative estimate of drug-likeness (QED) is 0.257. The fourth-order valence-corrected chi connectivity index (χ4v) is 3.28. The van der Waals surface area contributed by atoms with Gasteiger partial charge in [-0.05, 0) is 51.3 Å². The number of carbonyl (C=O) groups excluding carboxylic acids is 4. The maximum Gasteiger partial charge on any atom is 0.408 e. The second-order valence-corrected chi connectivity index (χ2v) is 9.10. The monoisotopic (exact) mass is 494 g/mol. The zero-order chi connectivity index (χ0) is 26.6. The molecule has 0 spiro atoms. The summed E-state index contributed by atoms with van der Waals surface area (Å²) in [4.78, 5) is 51.8. The second kappa shape index (κ2) is 14.1. The Morgan fingerprint density at radius 1 is 1.14 bits per heavy atom. The Hall–Kier alpha value is -3.34. The molecule has 4 amide bonds. The summed E-state index contributed by atoms with van der Waals surface area (Å²) in [5.74, 6) is -1.88. The van der Waals surface area contributed by atoms with Gasteiger partial charge < -0.3 is 36.2 Å². The molecule has 0 aliphatic carbocycles. The number of alkyl carbamates (subject to hydrolysis) is 1. The van der Waals surface area contributed by atoms with Crippen molar-refractivity contribution >= 4 is 23.8 Å². The molecule has 6 N–H and O–H groups in total. The maximum atomic E-state index is 13.6. The van der Waals surface area contributed by atoms with Crippen molar-refractivity contribution in [3.63, 3.8) is 0 Å². The van der Waals surface area contributed by atoms with Crippen LogP contribution >= 0.6 is 0 Å². The van der Waals surface area contributed by atoms with E-state index in [1.807, 2.05) is 6.92 Å². The Balaban J connectivity index is 3.36. The van der Waals surface area contributed by atoms with Crippen molar-refractivity contribution in [3.05, 3.63) is 29.8 Å². The van der Waals surface area contributed by atoms with E-state index in [9.17, 15) is 29.4 Å². The number of rotatable bonds is 13. The topological polar surface area (TPSA) is 171 Å². The second-order valence-electron chi connectivity index (χ2n) is 9.10. The molecule has 0 aliphatic rings. The van der Waals surface area contributed by atoms with Crippen LogP contribution in [0.15, 0.2) is 24.3 Å². The summed E-state index contributed by atoms with van der Waals surface area (Å²) in [7, 11) is 0. The highest BCUT2D eigenvalue weighted by atomic mass is 16.6. The average molecular weight is 495 g/mol. The predicted molar refractivity (Wildman–Crippen MR) is 129 cm³/mol. The minimum Gasteiger partial charge on any atom is -0.508 e. The predicted octanol–water partition coefficient (Wildman–Crippen LogP) is 1.33. The molecule has 0 heterocycles. The van der Waals surface area contributed by atoms with Gasteiger partial charge in [-0.1, -0.05) is 25.5 Å². The highest BCUT2D eigenvalue weighted by Gasteiger charge is 2.36. The number of carbonyl (C=O) groups is 4. The molecule has 0 radical (unpaired) electrons. The van der Waals surface area contributed by atoms with Crippen LogP contribution in [0.2, 0.25) is 0 Å². The molecule has 11 nitrogen and oxygen atoms in total. The Kier molecular flexibility index (Phi) is 12.0. The van der Waals surface area contributed by atoms with Gasteiger partial charge in [0, 0.05) is 19.5 Å². The van der Waals surface area contributed by atoms with E-state index in [1.54, 1.807) is 20.8 Å². The molecule has 0 bridgehead atoms. The van der Waals surface area contributed by atoms with Crippen LogP contribution < -0.4 is 16.4 Å². The number of nitrogens with zero attached hydrogens (tertiary/aromatic N) is 1. The normalized spacial score (nSPS) is 12.8. The van der Waals surface area contributed by atoms with Gasteiger partial charge in [-0.2, -0.15) is 0 Å². The molecule has 2 unspecified atom stereocenters. The van der Waals surface area contributed by atoms with E-state index >= 15 is 0 Å². The number of phenolic OH excluding ortho intramolecular Hbond substituents is 1. The van der Waals surface area contributed by atoms with Gasteiger partial charge in [0.05, 0.1) is 6.61 Å².